The molecule has 0 radical (unpaired) electrons. The summed E-state index contributed by atoms with van der Waals surface area (Å²) in [6, 6.07) is 23.9. The van der Waals surface area contributed by atoms with Crippen molar-refractivity contribution < 1.29 is 47.9 Å². The second-order valence-electron chi connectivity index (χ2n) is 21.6. The molecule has 3 aromatic heterocycles. The van der Waals surface area contributed by atoms with Crippen LogP contribution < -0.4 is 21.1 Å². The molecule has 3 amide bonds. The van der Waals surface area contributed by atoms with E-state index in [1.165, 1.54) is 11.2 Å². The van der Waals surface area contributed by atoms with E-state index in [1.807, 2.05) is 112 Å². The van der Waals surface area contributed by atoms with Crippen LogP contribution in [0.4, 0.5) is 5.82 Å². The summed E-state index contributed by atoms with van der Waals surface area (Å²) in [5.74, 6) is 0.679. The third-order valence-corrected chi connectivity index (χ3v) is 15.5. The number of hydrogen-bond acceptors (Lipinski definition) is 17. The van der Waals surface area contributed by atoms with E-state index in [0.29, 0.717) is 52.1 Å². The molecule has 2 aliphatic rings. The minimum absolute atomic E-state index is 0.0112. The Morgan fingerprint density at radius 3 is 2.05 bits per heavy atom. The molecule has 3 aromatic carbocycles. The molecule has 8 rings (SSSR count). The summed E-state index contributed by atoms with van der Waals surface area (Å²) in [4.78, 5) is 58.7. The number of aliphatic hydroxyl groups excluding tert-OH is 1. The fourth-order valence-corrected chi connectivity index (χ4v) is 10.9. The average Bonchev–Trinajstić information content (AvgIpc) is 4.35. The molecule has 0 bridgehead atoms. The van der Waals surface area contributed by atoms with Crippen LogP contribution in [0, 0.1) is 12.3 Å². The van der Waals surface area contributed by atoms with Gasteiger partial charge in [0.25, 0.3) is 0 Å². The van der Waals surface area contributed by atoms with Crippen LogP contribution in [0.15, 0.2) is 90.7 Å². The molecule has 2 fully saturated rings. The number of thiazole rings is 1. The first kappa shape index (κ1) is 60.7. The third kappa shape index (κ3) is 17.8. The minimum atomic E-state index is -0.957. The maximum absolute atomic E-state index is 13.9. The molecular formula is C60H80N10O10S. The topological polar surface area (TPSA) is 240 Å². The third-order valence-electron chi connectivity index (χ3n) is 14.5. The molecule has 0 unspecified atom stereocenters. The van der Waals surface area contributed by atoms with Gasteiger partial charge in [0, 0.05) is 44.8 Å². The molecule has 5 N–H and O–H groups in total. The zero-order valence-electron chi connectivity index (χ0n) is 47.3. The van der Waals surface area contributed by atoms with Gasteiger partial charge in [-0.3, -0.25) is 14.4 Å². The molecule has 20 nitrogen and oxygen atoms in total. The number of aromatic nitrogens is 5. The van der Waals surface area contributed by atoms with E-state index in [4.69, 9.17) is 39.3 Å². The molecule has 2 saturated heterocycles. The van der Waals surface area contributed by atoms with Gasteiger partial charge >= 0.3 is 0 Å². The Balaban J connectivity index is 0.604. The highest BCUT2D eigenvalue weighted by atomic mass is 32.1. The monoisotopic (exact) mass is 1130 g/mol. The molecule has 436 valence electrons. The van der Waals surface area contributed by atoms with Crippen LogP contribution in [0.5, 0.6) is 11.5 Å². The number of nitrogen functional groups attached to an aromatic ring is 1. The first-order chi connectivity index (χ1) is 39.3. The number of β-amino-alcohol motifs (C(OH)–C–C–N with tert-alkyl or cyclic N) is 1. The molecule has 2 aliphatic heterocycles. The predicted molar refractivity (Wildman–Crippen MR) is 311 cm³/mol. The highest BCUT2D eigenvalue weighted by Gasteiger charge is 2.44. The van der Waals surface area contributed by atoms with Gasteiger partial charge in [-0.15, -0.1) is 11.3 Å². The first-order valence-corrected chi connectivity index (χ1v) is 29.2. The highest BCUT2D eigenvalue weighted by Crippen LogP contribution is 2.36. The molecule has 0 saturated carbocycles. The van der Waals surface area contributed by atoms with Crippen LogP contribution in [-0.2, 0) is 44.6 Å². The van der Waals surface area contributed by atoms with Crippen molar-refractivity contribution in [2.45, 2.75) is 103 Å². The van der Waals surface area contributed by atoms with E-state index in [1.54, 1.807) is 11.3 Å². The minimum Gasteiger partial charge on any atom is -0.457 e. The number of piperidine rings is 1. The van der Waals surface area contributed by atoms with Crippen LogP contribution in [0.1, 0.15) is 83.0 Å². The number of nitrogens with zero attached hydrogens (tertiary/aromatic N) is 7. The van der Waals surface area contributed by atoms with Crippen molar-refractivity contribution in [1.29, 1.82) is 0 Å². The maximum atomic E-state index is 13.9. The van der Waals surface area contributed by atoms with Gasteiger partial charge in [0.2, 0.25) is 17.7 Å². The Morgan fingerprint density at radius 2 is 1.40 bits per heavy atom. The summed E-state index contributed by atoms with van der Waals surface area (Å²) in [6.45, 7) is 14.4. The fraction of sp³-hybridized carbons (Fsp3) is 0.517. The normalized spacial score (nSPS) is 16.5. The van der Waals surface area contributed by atoms with E-state index in [0.717, 1.165) is 114 Å². The van der Waals surface area contributed by atoms with E-state index >= 15 is 0 Å². The van der Waals surface area contributed by atoms with Crippen molar-refractivity contribution in [2.24, 2.45) is 5.41 Å². The average molecular weight is 1130 g/mol. The second kappa shape index (κ2) is 30.6. The van der Waals surface area contributed by atoms with Gasteiger partial charge < -0.3 is 59.7 Å². The number of rotatable bonds is 31. The van der Waals surface area contributed by atoms with Gasteiger partial charge in [0.15, 0.2) is 5.65 Å². The number of amides is 3. The van der Waals surface area contributed by atoms with Gasteiger partial charge in [0.1, 0.15) is 48.0 Å². The van der Waals surface area contributed by atoms with Crippen molar-refractivity contribution in [3.8, 4) is 33.2 Å². The van der Waals surface area contributed by atoms with Crippen LogP contribution >= 0.6 is 11.3 Å². The number of aryl methyl sites for hydroxylation is 1. The van der Waals surface area contributed by atoms with E-state index < -0.39 is 35.4 Å². The number of benzene rings is 3. The van der Waals surface area contributed by atoms with Gasteiger partial charge in [0.05, 0.1) is 86.5 Å². The molecule has 6 aromatic rings. The van der Waals surface area contributed by atoms with E-state index in [-0.39, 0.29) is 51.3 Å². The lowest BCUT2D eigenvalue weighted by atomic mass is 9.85. The van der Waals surface area contributed by atoms with Gasteiger partial charge in [-0.2, -0.15) is 5.10 Å². The summed E-state index contributed by atoms with van der Waals surface area (Å²) >= 11 is 1.57. The number of aliphatic hydroxyl groups is 1. The highest BCUT2D eigenvalue weighted by molar-refractivity contribution is 7.13. The van der Waals surface area contributed by atoms with Gasteiger partial charge in [-0.25, -0.2) is 19.6 Å². The zero-order chi connectivity index (χ0) is 57.0. The Hall–Kier alpha value is -6.43. The molecular weight excluding hydrogens is 1050 g/mol. The Bertz CT molecular complexity index is 2890. The van der Waals surface area contributed by atoms with Crippen LogP contribution in [0.2, 0.25) is 0 Å². The molecule has 0 spiro atoms. The predicted octanol–water partition coefficient (Wildman–Crippen LogP) is 7.39. The maximum Gasteiger partial charge on any atom is 0.246 e. The zero-order valence-corrected chi connectivity index (χ0v) is 48.1. The Kier molecular flexibility index (Phi) is 22.9. The Labute approximate surface area is 479 Å². The lowest BCUT2D eigenvalue weighted by Gasteiger charge is -2.35. The number of unbranched alkanes of at least 4 members (excludes halogenated alkanes) is 3. The van der Waals surface area contributed by atoms with Crippen molar-refractivity contribution in [3.63, 3.8) is 0 Å². The van der Waals surface area contributed by atoms with Crippen LogP contribution in [-0.4, -0.2) is 168 Å². The SMILES string of the molecule is Cc1ncsc1-c1ccc(CNC(=O)[C@@H]2C[C@@H](O)CN2C(=O)[C@@H](NC(=O)COCCOCCOCCOCCOCCCCCCN2CCC(n3nc(-c4ccc(Oc5ccccc5)cc4)c4c(N)ncnc43)CC2)C(C)(C)C)cc1. The van der Waals surface area contributed by atoms with Gasteiger partial charge in [-0.1, -0.05) is 76.1 Å². The summed E-state index contributed by atoms with van der Waals surface area (Å²) in [7, 11) is 0. The summed E-state index contributed by atoms with van der Waals surface area (Å²) in [5, 5.41) is 22.2. The number of likely N-dealkylation sites (tertiary alicyclic amines) is 2. The quantitative estimate of drug-likeness (QED) is 0.0310. The van der Waals surface area contributed by atoms with Crippen molar-refractivity contribution in [1.82, 2.24) is 45.2 Å². The van der Waals surface area contributed by atoms with Crippen molar-refractivity contribution in [2.75, 3.05) is 98.0 Å². The summed E-state index contributed by atoms with van der Waals surface area (Å²) in [5.41, 5.74) is 13.0. The molecule has 5 heterocycles. The number of nitrogens with two attached hydrogens (primary N) is 1. The number of para-hydroxylation sites is 1. The summed E-state index contributed by atoms with van der Waals surface area (Å²) in [6.07, 6.45) is 7.20. The number of fused-ring (bicyclic) bond motifs is 1. The first-order valence-electron chi connectivity index (χ1n) is 28.3. The number of hydrogen-bond donors (Lipinski definition) is 4. The van der Waals surface area contributed by atoms with E-state index in [2.05, 4.69) is 35.2 Å². The fourth-order valence-electron chi connectivity index (χ4n) is 10.1. The molecule has 3 atom stereocenters. The number of anilines is 1. The van der Waals surface area contributed by atoms with E-state index in [9.17, 15) is 19.5 Å². The van der Waals surface area contributed by atoms with Gasteiger partial charge in [-0.05, 0) is 92.1 Å². The van der Waals surface area contributed by atoms with Crippen molar-refractivity contribution >= 4 is 45.9 Å². The lowest BCUT2D eigenvalue weighted by Crippen LogP contribution is -2.58. The number of nitrogens with one attached hydrogen (secondary N) is 2. The largest absolute Gasteiger partial charge is 0.457 e. The molecule has 0 aliphatic carbocycles. The van der Waals surface area contributed by atoms with Crippen LogP contribution in [0.25, 0.3) is 32.7 Å². The number of carbonyl (C=O) groups is 3. The second-order valence-corrected chi connectivity index (χ2v) is 22.5. The molecule has 81 heavy (non-hydrogen) atoms. The lowest BCUT2D eigenvalue weighted by molar-refractivity contribution is -0.144. The Morgan fingerprint density at radius 1 is 0.765 bits per heavy atom. The smallest absolute Gasteiger partial charge is 0.246 e. The number of ether oxygens (including phenoxy) is 6. The number of carbonyl (C=O) groups excluding carboxylic acids is 3. The van der Waals surface area contributed by atoms with Crippen molar-refractivity contribution in [3.05, 3.63) is 102 Å². The standard InChI is InChI=1S/C60H80N10O10S/c1-42-54(81-41-65-42)45-16-14-43(15-17-45)37-62-58(73)50-36-47(71)38-69(50)59(74)55(60(2,3)4)66-51(72)39-79-35-34-78-33-32-77-31-30-76-29-28-75-27-11-6-5-10-24-68-25-22-46(23-26-68)70-57-52(56(61)63-40-64-57)53(67-70)44-18-20-49(21-19-44)80-48-12-8-7-9-13-48/h7-9,12-21,40-41,46-47,50,55,71H,5-6,10-11,22-39H2,1-4H3,(H,62,73)(H,66,72)(H2,61,63,64)/t47-,50+,55-/m1/s1. The van der Waals surface area contributed by atoms with Crippen LogP contribution in [0.3, 0.4) is 0 Å². The molecule has 21 heteroatoms. The summed E-state index contributed by atoms with van der Waals surface area (Å²) < 4.78 is 36.3.